The zero-order chi connectivity index (χ0) is 13.9. The average molecular weight is 286 g/mol. The standard InChI is InChI=1S/C15H30N2OS/c1-12(2)16-13-8-14(9-13)18-7-5-6-17(4)10-15(3)11-19-15/h12-14,16H,5-11H2,1-4H3. The molecule has 1 aliphatic heterocycles. The van der Waals surface area contributed by atoms with Gasteiger partial charge in [-0.15, -0.1) is 0 Å². The highest BCUT2D eigenvalue weighted by Crippen LogP contribution is 2.44. The fraction of sp³-hybridized carbons (Fsp3) is 1.00. The van der Waals surface area contributed by atoms with Crippen LogP contribution in [0.4, 0.5) is 0 Å². The summed E-state index contributed by atoms with van der Waals surface area (Å²) in [6, 6.07) is 1.29. The van der Waals surface area contributed by atoms with Crippen LogP contribution in [0.1, 0.15) is 40.0 Å². The molecule has 0 spiro atoms. The molecule has 112 valence electrons. The molecule has 1 heterocycles. The normalized spacial score (nSPS) is 33.8. The van der Waals surface area contributed by atoms with Crippen molar-refractivity contribution in [3.63, 3.8) is 0 Å². The number of rotatable bonds is 9. The van der Waals surface area contributed by atoms with E-state index >= 15 is 0 Å². The molecule has 1 saturated heterocycles. The van der Waals surface area contributed by atoms with E-state index in [0.29, 0.717) is 22.9 Å². The Labute approximate surface area is 122 Å². The van der Waals surface area contributed by atoms with Gasteiger partial charge in [-0.25, -0.2) is 0 Å². The number of hydrogen-bond donors (Lipinski definition) is 1. The highest BCUT2D eigenvalue weighted by atomic mass is 32.2. The van der Waals surface area contributed by atoms with Crippen LogP contribution in [0, 0.1) is 0 Å². The van der Waals surface area contributed by atoms with Crippen molar-refractivity contribution in [3.8, 4) is 0 Å². The summed E-state index contributed by atoms with van der Waals surface area (Å²) >= 11 is 2.08. The first-order valence-electron chi connectivity index (χ1n) is 7.67. The Bertz CT molecular complexity index is 275. The lowest BCUT2D eigenvalue weighted by atomic mass is 9.89. The van der Waals surface area contributed by atoms with Crippen LogP contribution in [0.2, 0.25) is 0 Å². The van der Waals surface area contributed by atoms with Crippen LogP contribution in [0.5, 0.6) is 0 Å². The van der Waals surface area contributed by atoms with Gasteiger partial charge < -0.3 is 15.0 Å². The van der Waals surface area contributed by atoms with Gasteiger partial charge in [0.05, 0.1) is 6.10 Å². The zero-order valence-electron chi connectivity index (χ0n) is 12.9. The van der Waals surface area contributed by atoms with Crippen molar-refractivity contribution >= 4 is 11.8 Å². The van der Waals surface area contributed by atoms with Crippen LogP contribution in [0.15, 0.2) is 0 Å². The molecular weight excluding hydrogens is 256 g/mol. The van der Waals surface area contributed by atoms with E-state index in [0.717, 1.165) is 19.6 Å². The molecule has 19 heavy (non-hydrogen) atoms. The van der Waals surface area contributed by atoms with Gasteiger partial charge in [0.25, 0.3) is 0 Å². The molecule has 2 fully saturated rings. The molecule has 1 N–H and O–H groups in total. The maximum atomic E-state index is 5.91. The number of ether oxygens (including phenoxy) is 1. The van der Waals surface area contributed by atoms with Crippen LogP contribution in [-0.4, -0.2) is 60.3 Å². The predicted octanol–water partition coefficient (Wildman–Crippen LogP) is 2.36. The molecule has 0 aromatic heterocycles. The van der Waals surface area contributed by atoms with E-state index in [9.17, 15) is 0 Å². The van der Waals surface area contributed by atoms with Gasteiger partial charge in [0.1, 0.15) is 0 Å². The van der Waals surface area contributed by atoms with Crippen molar-refractivity contribution in [2.24, 2.45) is 0 Å². The molecule has 0 bridgehead atoms. The summed E-state index contributed by atoms with van der Waals surface area (Å²) in [5, 5.41) is 3.56. The van der Waals surface area contributed by atoms with Gasteiger partial charge in [0, 0.05) is 42.3 Å². The minimum absolute atomic E-state index is 0.512. The molecule has 0 radical (unpaired) electrons. The van der Waals surface area contributed by atoms with Gasteiger partial charge in [0.15, 0.2) is 0 Å². The van der Waals surface area contributed by atoms with E-state index < -0.39 is 0 Å². The Kier molecular flexibility index (Phi) is 5.58. The molecule has 0 aromatic rings. The Morgan fingerprint density at radius 1 is 1.42 bits per heavy atom. The quantitative estimate of drug-likeness (QED) is 0.519. The maximum Gasteiger partial charge on any atom is 0.0604 e. The molecule has 2 rings (SSSR count). The second-order valence-corrected chi connectivity index (χ2v) is 8.38. The van der Waals surface area contributed by atoms with Gasteiger partial charge in [-0.05, 0) is 33.2 Å². The van der Waals surface area contributed by atoms with Crippen molar-refractivity contribution in [1.82, 2.24) is 10.2 Å². The summed E-state index contributed by atoms with van der Waals surface area (Å²) in [6.07, 6.45) is 4.07. The summed E-state index contributed by atoms with van der Waals surface area (Å²) in [4.78, 5) is 2.45. The number of nitrogens with one attached hydrogen (secondary N) is 1. The second kappa shape index (κ2) is 6.79. The molecule has 4 heteroatoms. The van der Waals surface area contributed by atoms with Gasteiger partial charge >= 0.3 is 0 Å². The van der Waals surface area contributed by atoms with Crippen LogP contribution >= 0.6 is 11.8 Å². The molecule has 3 nitrogen and oxygen atoms in total. The Balaban J connectivity index is 1.43. The number of thioether (sulfide) groups is 1. The van der Waals surface area contributed by atoms with Gasteiger partial charge in [-0.2, -0.15) is 11.8 Å². The minimum Gasteiger partial charge on any atom is -0.378 e. The van der Waals surface area contributed by atoms with E-state index in [1.165, 1.54) is 25.1 Å². The Morgan fingerprint density at radius 3 is 2.68 bits per heavy atom. The third-order valence-corrected chi connectivity index (χ3v) is 5.35. The third kappa shape index (κ3) is 5.62. The van der Waals surface area contributed by atoms with Crippen molar-refractivity contribution in [2.45, 2.75) is 63.0 Å². The van der Waals surface area contributed by atoms with E-state index in [1.54, 1.807) is 0 Å². The summed E-state index contributed by atoms with van der Waals surface area (Å²) in [5.74, 6) is 1.33. The van der Waals surface area contributed by atoms with Crippen molar-refractivity contribution in [2.75, 3.05) is 32.5 Å². The lowest BCUT2D eigenvalue weighted by Crippen LogP contribution is -2.48. The fourth-order valence-corrected chi connectivity index (χ4v) is 3.41. The predicted molar refractivity (Wildman–Crippen MR) is 84.0 cm³/mol. The van der Waals surface area contributed by atoms with E-state index in [4.69, 9.17) is 4.74 Å². The first kappa shape index (κ1) is 15.6. The second-order valence-electron chi connectivity index (χ2n) is 6.81. The molecule has 1 saturated carbocycles. The van der Waals surface area contributed by atoms with Crippen molar-refractivity contribution in [3.05, 3.63) is 0 Å². The lowest BCUT2D eigenvalue weighted by Gasteiger charge is -2.37. The molecule has 0 amide bonds. The molecule has 1 unspecified atom stereocenters. The van der Waals surface area contributed by atoms with Crippen molar-refractivity contribution in [1.29, 1.82) is 0 Å². The third-order valence-electron chi connectivity index (χ3n) is 3.94. The Morgan fingerprint density at radius 2 is 2.11 bits per heavy atom. The van der Waals surface area contributed by atoms with Crippen LogP contribution in [-0.2, 0) is 4.74 Å². The first-order chi connectivity index (χ1) is 8.97. The van der Waals surface area contributed by atoms with Crippen LogP contribution < -0.4 is 5.32 Å². The Hall–Kier alpha value is 0.230. The molecule has 1 aliphatic carbocycles. The molecule has 0 aromatic carbocycles. The lowest BCUT2D eigenvalue weighted by molar-refractivity contribution is -0.0205. The van der Waals surface area contributed by atoms with Gasteiger partial charge in [0.2, 0.25) is 0 Å². The summed E-state index contributed by atoms with van der Waals surface area (Å²) in [5.41, 5.74) is 0. The highest BCUT2D eigenvalue weighted by molar-refractivity contribution is 8.07. The van der Waals surface area contributed by atoms with Gasteiger partial charge in [-0.3, -0.25) is 0 Å². The minimum atomic E-state index is 0.512. The average Bonchev–Trinajstić information content (AvgIpc) is 2.97. The zero-order valence-corrected chi connectivity index (χ0v) is 13.8. The largest absolute Gasteiger partial charge is 0.378 e. The molecule has 2 aliphatic rings. The van der Waals surface area contributed by atoms with E-state index in [1.807, 2.05) is 0 Å². The molecular formula is C15H30N2OS. The van der Waals surface area contributed by atoms with Crippen LogP contribution in [0.25, 0.3) is 0 Å². The summed E-state index contributed by atoms with van der Waals surface area (Å²) < 4.78 is 6.47. The SMILES string of the molecule is CC(C)NC1CC(OCCCN(C)CC2(C)CS2)C1. The number of nitrogens with zero attached hydrogens (tertiary/aromatic N) is 1. The topological polar surface area (TPSA) is 24.5 Å². The first-order valence-corrected chi connectivity index (χ1v) is 8.65. The van der Waals surface area contributed by atoms with E-state index in [2.05, 4.69) is 49.8 Å². The molecule has 1 atom stereocenters. The monoisotopic (exact) mass is 286 g/mol. The maximum absolute atomic E-state index is 5.91. The fourth-order valence-electron chi connectivity index (χ4n) is 2.76. The van der Waals surface area contributed by atoms with Crippen molar-refractivity contribution < 1.29 is 4.74 Å². The van der Waals surface area contributed by atoms with E-state index in [-0.39, 0.29) is 0 Å². The number of hydrogen-bond acceptors (Lipinski definition) is 4. The van der Waals surface area contributed by atoms with Crippen LogP contribution in [0.3, 0.4) is 0 Å². The summed E-state index contributed by atoms with van der Waals surface area (Å²) in [6.45, 7) is 10.1. The summed E-state index contributed by atoms with van der Waals surface area (Å²) in [7, 11) is 2.23. The highest BCUT2D eigenvalue weighted by Gasteiger charge is 2.39. The smallest absolute Gasteiger partial charge is 0.0604 e. The van der Waals surface area contributed by atoms with Gasteiger partial charge in [-0.1, -0.05) is 13.8 Å².